The fourth-order valence-electron chi connectivity index (χ4n) is 13.1. The van der Waals surface area contributed by atoms with Gasteiger partial charge in [0, 0.05) is 50.7 Å². The largest absolute Gasteiger partial charge is 0.334 e. The first-order valence-corrected chi connectivity index (χ1v) is 26.2. The first kappa shape index (κ1) is 45.4. The summed E-state index contributed by atoms with van der Waals surface area (Å²) in [5, 5.41) is 0. The average molecular weight is 926 g/mol. The van der Waals surface area contributed by atoms with Crippen molar-refractivity contribution in [3.63, 3.8) is 0 Å². The Morgan fingerprint density at radius 2 is 0.859 bits per heavy atom. The third-order valence-corrected chi connectivity index (χ3v) is 17.2. The minimum Gasteiger partial charge on any atom is -0.334 e. The summed E-state index contributed by atoms with van der Waals surface area (Å²) >= 11 is 0. The molecule has 2 unspecified atom stereocenters. The fraction of sp³-hybridized carbons (Fsp3) is 0.284. The van der Waals surface area contributed by atoms with Crippen molar-refractivity contribution in [3.05, 3.63) is 198 Å². The molecule has 71 heavy (non-hydrogen) atoms. The molecule has 8 aromatic carbocycles. The SMILES string of the molecule is CC(C)(C)c1ccc2c(c1)B1c3ccccc3N(c3ccc(C(C)(C)C)cc3-c3ccccc3)c3cc(N4c5ccccc5C5(C)CCCC45C)cc(c31)N2c1ccc(C(C)(C)C)cc1-c1ccccc1. The van der Waals surface area contributed by atoms with Gasteiger partial charge in [-0.2, -0.15) is 0 Å². The van der Waals surface area contributed by atoms with Crippen LogP contribution in [0, 0.1) is 0 Å². The van der Waals surface area contributed by atoms with Crippen LogP contribution in [-0.2, 0) is 21.7 Å². The molecule has 0 bridgehead atoms. The zero-order valence-electron chi connectivity index (χ0n) is 43.8. The number of hydrogen-bond acceptors (Lipinski definition) is 3. The molecule has 2 atom stereocenters. The predicted molar refractivity (Wildman–Crippen MR) is 306 cm³/mol. The summed E-state index contributed by atoms with van der Waals surface area (Å²) < 4.78 is 0. The molecule has 4 heteroatoms. The number of para-hydroxylation sites is 2. The van der Waals surface area contributed by atoms with Crippen LogP contribution in [0.3, 0.4) is 0 Å². The van der Waals surface area contributed by atoms with Crippen LogP contribution >= 0.6 is 0 Å². The lowest BCUT2D eigenvalue weighted by molar-refractivity contribution is 0.330. The van der Waals surface area contributed by atoms with Gasteiger partial charge in [-0.3, -0.25) is 0 Å². The zero-order chi connectivity index (χ0) is 49.4. The Labute approximate surface area is 424 Å². The van der Waals surface area contributed by atoms with Crippen molar-refractivity contribution in [3.8, 4) is 22.3 Å². The van der Waals surface area contributed by atoms with Crippen molar-refractivity contribution < 1.29 is 0 Å². The van der Waals surface area contributed by atoms with Crippen molar-refractivity contribution in [1.29, 1.82) is 0 Å². The highest BCUT2D eigenvalue weighted by Gasteiger charge is 2.59. The monoisotopic (exact) mass is 926 g/mol. The lowest BCUT2D eigenvalue weighted by atomic mass is 9.33. The highest BCUT2D eigenvalue weighted by Crippen LogP contribution is 2.63. The molecule has 3 heterocycles. The van der Waals surface area contributed by atoms with Crippen molar-refractivity contribution >= 4 is 68.6 Å². The van der Waals surface area contributed by atoms with E-state index in [0.29, 0.717) is 0 Å². The van der Waals surface area contributed by atoms with E-state index in [4.69, 9.17) is 0 Å². The molecule has 0 N–H and O–H groups in total. The molecule has 12 rings (SSSR count). The van der Waals surface area contributed by atoms with Gasteiger partial charge < -0.3 is 14.7 Å². The van der Waals surface area contributed by atoms with Gasteiger partial charge in [-0.15, -0.1) is 0 Å². The first-order valence-electron chi connectivity index (χ1n) is 26.2. The van der Waals surface area contributed by atoms with E-state index in [0.717, 1.165) is 6.42 Å². The maximum atomic E-state index is 2.78. The summed E-state index contributed by atoms with van der Waals surface area (Å²) in [6.07, 6.45) is 3.50. The molecule has 0 amide bonds. The summed E-state index contributed by atoms with van der Waals surface area (Å²) in [7, 11) is 0. The molecule has 4 aliphatic rings. The second kappa shape index (κ2) is 15.9. The smallest absolute Gasteiger partial charge is 0.252 e. The number of rotatable bonds is 5. The molecule has 8 aromatic rings. The van der Waals surface area contributed by atoms with Gasteiger partial charge in [0.1, 0.15) is 0 Å². The van der Waals surface area contributed by atoms with E-state index >= 15 is 0 Å². The zero-order valence-corrected chi connectivity index (χ0v) is 43.8. The summed E-state index contributed by atoms with van der Waals surface area (Å²) in [5.74, 6) is 0. The van der Waals surface area contributed by atoms with Crippen molar-refractivity contribution in [2.24, 2.45) is 0 Å². The second-order valence-electron chi connectivity index (χ2n) is 24.6. The van der Waals surface area contributed by atoms with E-state index in [2.05, 4.69) is 267 Å². The fourth-order valence-corrected chi connectivity index (χ4v) is 13.1. The Kier molecular flexibility index (Phi) is 10.1. The van der Waals surface area contributed by atoms with Crippen molar-refractivity contribution in [2.45, 2.75) is 123 Å². The third kappa shape index (κ3) is 6.91. The molecule has 1 saturated carbocycles. The molecule has 1 aliphatic carbocycles. The number of benzene rings is 8. The standard InChI is InChI=1S/C67H68BN3/c1-63(2,3)46-31-34-55(50(39-46)44-23-14-12-15-24-44)69-58-30-21-19-28-53(58)68-54-41-48(65(7,8)9)33-36-59(54)70(56-35-32-47(64(4,5)6)40-51(56)45-25-16-13-17-26-45)61-43-49(42-60(69)62(61)68)71-57-29-20-18-27-52(57)66(10)37-22-38-67(66,71)11/h12-21,23-36,39-43H,22,37-38H2,1-11H3. The molecule has 1 fully saturated rings. The van der Waals surface area contributed by atoms with Crippen LogP contribution in [-0.4, -0.2) is 12.3 Å². The van der Waals surface area contributed by atoms with Crippen LogP contribution in [0.4, 0.5) is 45.5 Å². The van der Waals surface area contributed by atoms with Crippen LogP contribution in [0.5, 0.6) is 0 Å². The first-order chi connectivity index (χ1) is 33.9. The van der Waals surface area contributed by atoms with Crippen LogP contribution in [0.2, 0.25) is 0 Å². The molecular weight excluding hydrogens is 858 g/mol. The van der Waals surface area contributed by atoms with Gasteiger partial charge in [-0.05, 0) is 140 Å². The highest BCUT2D eigenvalue weighted by atomic mass is 15.3. The van der Waals surface area contributed by atoms with Gasteiger partial charge in [0.2, 0.25) is 0 Å². The predicted octanol–water partition coefficient (Wildman–Crippen LogP) is 16.3. The summed E-state index contributed by atoms with van der Waals surface area (Å²) in [6, 6.07) is 68.0. The van der Waals surface area contributed by atoms with Gasteiger partial charge in [-0.1, -0.05) is 197 Å². The van der Waals surface area contributed by atoms with Crippen LogP contribution in [0.25, 0.3) is 22.3 Å². The average Bonchev–Trinajstić information content (AvgIpc) is 3.76. The molecule has 0 radical (unpaired) electrons. The van der Waals surface area contributed by atoms with E-state index in [1.807, 2.05) is 0 Å². The quantitative estimate of drug-likeness (QED) is 0.159. The maximum Gasteiger partial charge on any atom is 0.252 e. The number of anilines is 8. The molecular formula is C67H68BN3. The van der Waals surface area contributed by atoms with Crippen molar-refractivity contribution in [1.82, 2.24) is 0 Å². The number of fused-ring (bicyclic) bond motifs is 7. The summed E-state index contributed by atoms with van der Waals surface area (Å²) in [5.41, 5.74) is 24.0. The molecule has 0 spiro atoms. The van der Waals surface area contributed by atoms with Gasteiger partial charge in [0.15, 0.2) is 0 Å². The molecule has 354 valence electrons. The van der Waals surface area contributed by atoms with E-state index in [-0.39, 0.29) is 33.9 Å². The summed E-state index contributed by atoms with van der Waals surface area (Å²) in [6.45, 7) is 26.1. The Morgan fingerprint density at radius 1 is 0.408 bits per heavy atom. The Morgan fingerprint density at radius 3 is 1.39 bits per heavy atom. The molecule has 0 aromatic heterocycles. The minimum atomic E-state index is -0.124. The normalized spacial score (nSPS) is 19.0. The van der Waals surface area contributed by atoms with Gasteiger partial charge in [0.05, 0.1) is 16.9 Å². The van der Waals surface area contributed by atoms with Crippen molar-refractivity contribution in [2.75, 3.05) is 14.7 Å². The van der Waals surface area contributed by atoms with Crippen LogP contribution < -0.4 is 31.1 Å². The molecule has 0 saturated heterocycles. The summed E-state index contributed by atoms with van der Waals surface area (Å²) in [4.78, 5) is 8.09. The topological polar surface area (TPSA) is 9.72 Å². The van der Waals surface area contributed by atoms with Gasteiger partial charge in [0.25, 0.3) is 6.71 Å². The number of hydrogen-bond donors (Lipinski definition) is 0. The lowest BCUT2D eigenvalue weighted by Crippen LogP contribution is -2.61. The van der Waals surface area contributed by atoms with Crippen LogP contribution in [0.15, 0.2) is 176 Å². The van der Waals surface area contributed by atoms with E-state index in [1.54, 1.807) is 0 Å². The maximum absolute atomic E-state index is 2.78. The van der Waals surface area contributed by atoms with E-state index < -0.39 is 0 Å². The lowest BCUT2D eigenvalue weighted by Gasteiger charge is -2.47. The molecule has 3 aliphatic heterocycles. The Hall–Kier alpha value is -6.78. The minimum absolute atomic E-state index is 0.00766. The van der Waals surface area contributed by atoms with Gasteiger partial charge in [-0.25, -0.2) is 0 Å². The van der Waals surface area contributed by atoms with E-state index in [9.17, 15) is 0 Å². The number of nitrogens with zero attached hydrogens (tertiary/aromatic N) is 3. The Balaban J connectivity index is 1.24. The van der Waals surface area contributed by atoms with E-state index in [1.165, 1.54) is 119 Å². The van der Waals surface area contributed by atoms with Gasteiger partial charge >= 0.3 is 0 Å². The highest BCUT2D eigenvalue weighted by molar-refractivity contribution is 7.00. The second-order valence-corrected chi connectivity index (χ2v) is 24.6. The van der Waals surface area contributed by atoms with Crippen LogP contribution in [0.1, 0.15) is 118 Å². The molecule has 3 nitrogen and oxygen atoms in total. The Bertz CT molecular complexity index is 3390. The third-order valence-electron chi connectivity index (χ3n) is 17.2.